The second-order valence-corrected chi connectivity index (χ2v) is 5.67. The van der Waals surface area contributed by atoms with Crippen LogP contribution >= 0.6 is 0 Å². The fourth-order valence-electron chi connectivity index (χ4n) is 2.50. The van der Waals surface area contributed by atoms with Gasteiger partial charge in [-0.1, -0.05) is 0 Å². The number of ether oxygens (including phenoxy) is 3. The Morgan fingerprint density at radius 1 is 1.31 bits per heavy atom. The summed E-state index contributed by atoms with van der Waals surface area (Å²) in [5, 5.41) is 10.7. The quantitative estimate of drug-likeness (QED) is 0.402. The Bertz CT molecular complexity index is 703. The Balaban J connectivity index is 1.37. The molecule has 140 valence electrons. The van der Waals surface area contributed by atoms with Crippen molar-refractivity contribution in [3.8, 4) is 17.2 Å². The number of hydrogen-bond acceptors (Lipinski definition) is 5. The summed E-state index contributed by atoms with van der Waals surface area (Å²) in [5.41, 5.74) is 0. The first-order valence-corrected chi connectivity index (χ1v) is 8.87. The lowest BCUT2D eigenvalue weighted by atomic mass is 10.3. The minimum absolute atomic E-state index is 0.267. The molecule has 8 heteroatoms. The van der Waals surface area contributed by atoms with Gasteiger partial charge in [0.05, 0.1) is 6.54 Å². The molecule has 26 heavy (non-hydrogen) atoms. The number of nitrogens with one attached hydrogen (secondary N) is 2. The van der Waals surface area contributed by atoms with Crippen molar-refractivity contribution in [3.63, 3.8) is 0 Å². The Labute approximate surface area is 153 Å². The van der Waals surface area contributed by atoms with Crippen LogP contribution in [0.5, 0.6) is 17.2 Å². The third-order valence-electron chi connectivity index (χ3n) is 3.73. The van der Waals surface area contributed by atoms with Gasteiger partial charge in [0.1, 0.15) is 12.4 Å². The summed E-state index contributed by atoms with van der Waals surface area (Å²) >= 11 is 0. The first kappa shape index (κ1) is 17.9. The van der Waals surface area contributed by atoms with Gasteiger partial charge in [0, 0.05) is 38.1 Å². The number of nitrogens with zero attached hydrogens (tertiary/aromatic N) is 3. The summed E-state index contributed by atoms with van der Waals surface area (Å²) in [5.74, 6) is 3.04. The van der Waals surface area contributed by atoms with Crippen LogP contribution in [-0.2, 0) is 6.54 Å². The molecular weight excluding hydrogens is 334 g/mol. The molecule has 2 aromatic rings. The van der Waals surface area contributed by atoms with Crippen LogP contribution in [0.15, 0.2) is 41.7 Å². The molecule has 0 spiro atoms. The molecule has 2 heterocycles. The zero-order valence-electron chi connectivity index (χ0n) is 15.0. The van der Waals surface area contributed by atoms with Gasteiger partial charge < -0.3 is 24.8 Å². The van der Waals surface area contributed by atoms with Gasteiger partial charge in [0.2, 0.25) is 6.79 Å². The van der Waals surface area contributed by atoms with Crippen molar-refractivity contribution in [3.05, 3.63) is 36.7 Å². The second-order valence-electron chi connectivity index (χ2n) is 5.67. The maximum absolute atomic E-state index is 5.74. The molecule has 1 aliphatic heterocycles. The van der Waals surface area contributed by atoms with Gasteiger partial charge in [-0.15, -0.1) is 0 Å². The fraction of sp³-hybridized carbons (Fsp3) is 0.444. The zero-order chi connectivity index (χ0) is 18.0. The molecular formula is C18H25N5O3. The van der Waals surface area contributed by atoms with E-state index < -0.39 is 0 Å². The molecule has 0 amide bonds. The first-order chi connectivity index (χ1) is 12.8. The highest BCUT2D eigenvalue weighted by Gasteiger charge is 2.13. The van der Waals surface area contributed by atoms with E-state index >= 15 is 0 Å². The van der Waals surface area contributed by atoms with Crippen LogP contribution in [0.1, 0.15) is 13.3 Å². The van der Waals surface area contributed by atoms with Crippen LogP contribution in [0.3, 0.4) is 0 Å². The van der Waals surface area contributed by atoms with Crippen molar-refractivity contribution in [2.75, 3.05) is 33.0 Å². The van der Waals surface area contributed by atoms with Gasteiger partial charge in [-0.05, 0) is 31.5 Å². The maximum atomic E-state index is 5.74. The van der Waals surface area contributed by atoms with E-state index in [1.807, 2.05) is 42.1 Å². The summed E-state index contributed by atoms with van der Waals surface area (Å²) in [7, 11) is 0. The molecule has 1 aromatic carbocycles. The molecule has 0 saturated heterocycles. The highest BCUT2D eigenvalue weighted by molar-refractivity contribution is 5.79. The van der Waals surface area contributed by atoms with E-state index in [-0.39, 0.29) is 6.79 Å². The van der Waals surface area contributed by atoms with Gasteiger partial charge >= 0.3 is 0 Å². The molecule has 2 N–H and O–H groups in total. The monoisotopic (exact) mass is 359 g/mol. The van der Waals surface area contributed by atoms with Crippen LogP contribution in [0.2, 0.25) is 0 Å². The minimum Gasteiger partial charge on any atom is -0.492 e. The molecule has 0 atom stereocenters. The largest absolute Gasteiger partial charge is 0.492 e. The Morgan fingerprint density at radius 3 is 3.08 bits per heavy atom. The van der Waals surface area contributed by atoms with E-state index in [9.17, 15) is 0 Å². The number of aryl methyl sites for hydroxylation is 1. The summed E-state index contributed by atoms with van der Waals surface area (Å²) in [6.07, 6.45) is 4.68. The van der Waals surface area contributed by atoms with Gasteiger partial charge in [-0.25, -0.2) is 0 Å². The molecule has 0 unspecified atom stereocenters. The molecule has 0 bridgehead atoms. The van der Waals surface area contributed by atoms with E-state index in [2.05, 4.69) is 20.7 Å². The Morgan fingerprint density at radius 2 is 2.23 bits per heavy atom. The Hall–Kier alpha value is -2.90. The third-order valence-corrected chi connectivity index (χ3v) is 3.73. The van der Waals surface area contributed by atoms with Crippen molar-refractivity contribution in [1.82, 2.24) is 20.4 Å². The van der Waals surface area contributed by atoms with Crippen molar-refractivity contribution >= 4 is 5.96 Å². The van der Waals surface area contributed by atoms with Crippen molar-refractivity contribution < 1.29 is 14.2 Å². The van der Waals surface area contributed by atoms with Crippen LogP contribution in [0.25, 0.3) is 0 Å². The number of hydrogen-bond donors (Lipinski definition) is 2. The summed E-state index contributed by atoms with van der Waals surface area (Å²) in [6, 6.07) is 7.50. The van der Waals surface area contributed by atoms with E-state index in [0.29, 0.717) is 13.2 Å². The molecule has 0 fully saturated rings. The lowest BCUT2D eigenvalue weighted by Crippen LogP contribution is -2.39. The lowest BCUT2D eigenvalue weighted by Gasteiger charge is -2.12. The maximum Gasteiger partial charge on any atom is 0.231 e. The van der Waals surface area contributed by atoms with Crippen LogP contribution < -0.4 is 24.8 Å². The number of fused-ring (bicyclic) bond motifs is 1. The zero-order valence-corrected chi connectivity index (χ0v) is 15.0. The van der Waals surface area contributed by atoms with E-state index in [1.165, 1.54) is 0 Å². The normalized spacial score (nSPS) is 12.9. The number of benzene rings is 1. The summed E-state index contributed by atoms with van der Waals surface area (Å²) < 4.78 is 18.3. The molecule has 8 nitrogen and oxygen atoms in total. The Kier molecular flexibility index (Phi) is 6.58. The van der Waals surface area contributed by atoms with Gasteiger partial charge in [0.15, 0.2) is 17.5 Å². The predicted octanol–water partition coefficient (Wildman–Crippen LogP) is 1.64. The summed E-state index contributed by atoms with van der Waals surface area (Å²) in [4.78, 5) is 4.57. The minimum atomic E-state index is 0.267. The van der Waals surface area contributed by atoms with Gasteiger partial charge in [-0.2, -0.15) is 5.10 Å². The smallest absolute Gasteiger partial charge is 0.231 e. The third kappa shape index (κ3) is 5.30. The average molecular weight is 359 g/mol. The van der Waals surface area contributed by atoms with Crippen molar-refractivity contribution in [1.29, 1.82) is 0 Å². The van der Waals surface area contributed by atoms with E-state index in [1.54, 1.807) is 6.20 Å². The average Bonchev–Trinajstić information content (AvgIpc) is 3.33. The van der Waals surface area contributed by atoms with Gasteiger partial charge in [0.25, 0.3) is 0 Å². The van der Waals surface area contributed by atoms with Crippen LogP contribution in [0.4, 0.5) is 0 Å². The molecule has 0 aliphatic carbocycles. The number of guanidine groups is 1. The van der Waals surface area contributed by atoms with E-state index in [4.69, 9.17) is 14.2 Å². The molecule has 0 radical (unpaired) electrons. The highest BCUT2D eigenvalue weighted by atomic mass is 16.7. The SMILES string of the molecule is CCNC(=NCCCn1cccn1)NCCOc1ccc2c(c1)OCO2. The van der Waals surface area contributed by atoms with Crippen molar-refractivity contribution in [2.45, 2.75) is 19.9 Å². The number of aromatic nitrogens is 2. The summed E-state index contributed by atoms with van der Waals surface area (Å²) in [6.45, 7) is 5.90. The number of aliphatic imine (C=N–C) groups is 1. The molecule has 1 aromatic heterocycles. The predicted molar refractivity (Wildman–Crippen MR) is 98.9 cm³/mol. The topological polar surface area (TPSA) is 81.9 Å². The first-order valence-electron chi connectivity index (χ1n) is 8.87. The van der Waals surface area contributed by atoms with Crippen LogP contribution in [-0.4, -0.2) is 48.8 Å². The van der Waals surface area contributed by atoms with E-state index in [0.717, 1.165) is 49.3 Å². The standard InChI is InChI=1S/C18H25N5O3/c1-2-19-18(20-7-3-10-23-11-4-8-22-23)21-9-12-24-15-5-6-16-17(13-15)26-14-25-16/h4-6,8,11,13H,2-3,7,9-10,12,14H2,1H3,(H2,19,20,21). The second kappa shape index (κ2) is 9.55. The molecule has 0 saturated carbocycles. The fourth-order valence-corrected chi connectivity index (χ4v) is 2.50. The van der Waals surface area contributed by atoms with Crippen molar-refractivity contribution in [2.24, 2.45) is 4.99 Å². The molecule has 1 aliphatic rings. The number of rotatable bonds is 9. The lowest BCUT2D eigenvalue weighted by molar-refractivity contribution is 0.173. The molecule has 3 rings (SSSR count). The van der Waals surface area contributed by atoms with Gasteiger partial charge in [-0.3, -0.25) is 9.67 Å². The van der Waals surface area contributed by atoms with Crippen LogP contribution in [0, 0.1) is 0 Å². The highest BCUT2D eigenvalue weighted by Crippen LogP contribution is 2.34.